The van der Waals surface area contributed by atoms with Gasteiger partial charge in [0.1, 0.15) is 11.0 Å². The fraction of sp³-hybridized carbons (Fsp3) is 0.143. The van der Waals surface area contributed by atoms with Gasteiger partial charge < -0.3 is 0 Å². The van der Waals surface area contributed by atoms with Gasteiger partial charge in [0.2, 0.25) is 0 Å². The third-order valence-electron chi connectivity index (χ3n) is 3.15. The van der Waals surface area contributed by atoms with Gasteiger partial charge in [0.05, 0.1) is 5.69 Å². The molecule has 3 rings (SSSR count). The highest BCUT2D eigenvalue weighted by Gasteiger charge is 2.11. The Kier molecular flexibility index (Phi) is 2.75. The molecule has 19 heavy (non-hydrogen) atoms. The molecule has 2 heterocycles. The predicted molar refractivity (Wildman–Crippen MR) is 72.9 cm³/mol. The van der Waals surface area contributed by atoms with Gasteiger partial charge in [0.25, 0.3) is 0 Å². The maximum atomic E-state index is 12.9. The minimum absolute atomic E-state index is 0.268. The van der Waals surface area contributed by atoms with Crippen molar-refractivity contribution < 1.29 is 4.39 Å². The first kappa shape index (κ1) is 12.1. The molecular formula is C14H11ClFN3. The van der Waals surface area contributed by atoms with Gasteiger partial charge in [-0.25, -0.2) is 13.9 Å². The minimum atomic E-state index is -0.268. The van der Waals surface area contributed by atoms with Gasteiger partial charge >= 0.3 is 0 Å². The quantitative estimate of drug-likeness (QED) is 0.632. The van der Waals surface area contributed by atoms with Crippen molar-refractivity contribution >= 4 is 17.2 Å². The number of hydrogen-bond donors (Lipinski definition) is 0. The number of nitrogens with zero attached hydrogens (tertiary/aromatic N) is 3. The summed E-state index contributed by atoms with van der Waals surface area (Å²) in [6, 6.07) is 8.02. The zero-order chi connectivity index (χ0) is 13.6. The smallest absolute Gasteiger partial charge is 0.157 e. The highest BCUT2D eigenvalue weighted by molar-refractivity contribution is 6.30. The fourth-order valence-electron chi connectivity index (χ4n) is 1.92. The van der Waals surface area contributed by atoms with Crippen LogP contribution >= 0.6 is 11.6 Å². The second kappa shape index (κ2) is 4.31. The SMILES string of the molecule is Cc1nc2cc(-c3ccc(F)cc3)nn2c(Cl)c1C. The molecule has 0 aliphatic carbocycles. The molecule has 96 valence electrons. The first-order valence-electron chi connectivity index (χ1n) is 5.84. The molecule has 0 spiro atoms. The third-order valence-corrected chi connectivity index (χ3v) is 3.59. The molecule has 3 nitrogen and oxygen atoms in total. The zero-order valence-corrected chi connectivity index (χ0v) is 11.2. The van der Waals surface area contributed by atoms with Crippen LogP contribution in [0.2, 0.25) is 5.15 Å². The van der Waals surface area contributed by atoms with Crippen LogP contribution in [0.3, 0.4) is 0 Å². The largest absolute Gasteiger partial charge is 0.233 e. The van der Waals surface area contributed by atoms with Crippen molar-refractivity contribution in [1.82, 2.24) is 14.6 Å². The molecule has 1 aromatic carbocycles. The van der Waals surface area contributed by atoms with Crippen LogP contribution in [0.5, 0.6) is 0 Å². The standard InChI is InChI=1S/C14H11ClFN3/c1-8-9(2)17-13-7-12(18-19(13)14(8)15)10-3-5-11(16)6-4-10/h3-7H,1-2H3. The van der Waals surface area contributed by atoms with E-state index in [0.29, 0.717) is 10.8 Å². The van der Waals surface area contributed by atoms with E-state index in [1.165, 1.54) is 12.1 Å². The van der Waals surface area contributed by atoms with Gasteiger partial charge in [-0.2, -0.15) is 5.10 Å². The van der Waals surface area contributed by atoms with Gasteiger partial charge in [-0.15, -0.1) is 0 Å². The van der Waals surface area contributed by atoms with E-state index in [-0.39, 0.29) is 5.82 Å². The van der Waals surface area contributed by atoms with E-state index in [0.717, 1.165) is 22.5 Å². The van der Waals surface area contributed by atoms with Crippen molar-refractivity contribution in [3.05, 3.63) is 52.6 Å². The molecule has 0 aliphatic heterocycles. The highest BCUT2D eigenvalue weighted by Crippen LogP contribution is 2.24. The van der Waals surface area contributed by atoms with Gasteiger partial charge in [0, 0.05) is 22.9 Å². The van der Waals surface area contributed by atoms with Gasteiger partial charge in [-0.1, -0.05) is 11.6 Å². The summed E-state index contributed by atoms with van der Waals surface area (Å²) in [6.45, 7) is 3.81. The van der Waals surface area contributed by atoms with Gasteiger partial charge in [-0.3, -0.25) is 0 Å². The number of aryl methyl sites for hydroxylation is 1. The summed E-state index contributed by atoms with van der Waals surface area (Å²) >= 11 is 6.26. The normalized spacial score (nSPS) is 11.2. The van der Waals surface area contributed by atoms with E-state index >= 15 is 0 Å². The number of aromatic nitrogens is 3. The van der Waals surface area contributed by atoms with Crippen LogP contribution in [-0.4, -0.2) is 14.6 Å². The Bertz CT molecular complexity index is 762. The van der Waals surface area contributed by atoms with E-state index in [9.17, 15) is 4.39 Å². The summed E-state index contributed by atoms with van der Waals surface area (Å²) in [7, 11) is 0. The van der Waals surface area contributed by atoms with Crippen molar-refractivity contribution in [2.24, 2.45) is 0 Å². The predicted octanol–water partition coefficient (Wildman–Crippen LogP) is 3.81. The Hall–Kier alpha value is -1.94. The summed E-state index contributed by atoms with van der Waals surface area (Å²) in [5.41, 5.74) is 4.02. The van der Waals surface area contributed by atoms with Crippen LogP contribution in [0, 0.1) is 19.7 Å². The Morgan fingerprint density at radius 2 is 1.84 bits per heavy atom. The van der Waals surface area contributed by atoms with Crippen LogP contribution in [0.25, 0.3) is 16.9 Å². The van der Waals surface area contributed by atoms with Crippen molar-refractivity contribution in [3.63, 3.8) is 0 Å². The Morgan fingerprint density at radius 3 is 2.53 bits per heavy atom. The monoisotopic (exact) mass is 275 g/mol. The second-order valence-electron chi connectivity index (χ2n) is 4.42. The molecule has 0 saturated carbocycles. The Morgan fingerprint density at radius 1 is 1.16 bits per heavy atom. The van der Waals surface area contributed by atoms with E-state index < -0.39 is 0 Å². The van der Waals surface area contributed by atoms with Crippen LogP contribution in [-0.2, 0) is 0 Å². The maximum Gasteiger partial charge on any atom is 0.157 e. The van der Waals surface area contributed by atoms with Gasteiger partial charge in [0.15, 0.2) is 5.65 Å². The molecule has 5 heteroatoms. The number of hydrogen-bond acceptors (Lipinski definition) is 2. The molecule has 3 aromatic rings. The molecule has 0 unspecified atom stereocenters. The highest BCUT2D eigenvalue weighted by atomic mass is 35.5. The third kappa shape index (κ3) is 1.98. The van der Waals surface area contributed by atoms with Crippen molar-refractivity contribution in [2.75, 3.05) is 0 Å². The molecule has 0 aliphatic rings. The molecule has 0 amide bonds. The topological polar surface area (TPSA) is 30.2 Å². The summed E-state index contributed by atoms with van der Waals surface area (Å²) in [6.07, 6.45) is 0. The lowest BCUT2D eigenvalue weighted by molar-refractivity contribution is 0.628. The van der Waals surface area contributed by atoms with E-state index in [4.69, 9.17) is 11.6 Å². The lowest BCUT2D eigenvalue weighted by Crippen LogP contribution is -1.98. The number of halogens is 2. The lowest BCUT2D eigenvalue weighted by Gasteiger charge is -2.03. The summed E-state index contributed by atoms with van der Waals surface area (Å²) in [5, 5.41) is 4.97. The molecular weight excluding hydrogens is 265 g/mol. The number of benzene rings is 1. The fourth-order valence-corrected chi connectivity index (χ4v) is 2.18. The number of rotatable bonds is 1. The van der Waals surface area contributed by atoms with E-state index in [1.54, 1.807) is 16.6 Å². The summed E-state index contributed by atoms with van der Waals surface area (Å²) in [5.74, 6) is -0.268. The average Bonchev–Trinajstić information content (AvgIpc) is 2.81. The molecule has 0 N–H and O–H groups in total. The Balaban J connectivity index is 2.22. The molecule has 2 aromatic heterocycles. The zero-order valence-electron chi connectivity index (χ0n) is 10.5. The van der Waals surface area contributed by atoms with Crippen LogP contribution in [0.15, 0.2) is 30.3 Å². The van der Waals surface area contributed by atoms with E-state index in [2.05, 4.69) is 10.1 Å². The van der Waals surface area contributed by atoms with E-state index in [1.807, 2.05) is 19.9 Å². The lowest BCUT2D eigenvalue weighted by atomic mass is 10.1. The number of fused-ring (bicyclic) bond motifs is 1. The second-order valence-corrected chi connectivity index (χ2v) is 4.78. The molecule has 0 saturated heterocycles. The summed E-state index contributed by atoms with van der Waals surface area (Å²) < 4.78 is 14.5. The minimum Gasteiger partial charge on any atom is -0.233 e. The molecule has 0 atom stereocenters. The average molecular weight is 276 g/mol. The van der Waals surface area contributed by atoms with Crippen LogP contribution in [0.1, 0.15) is 11.3 Å². The van der Waals surface area contributed by atoms with Crippen molar-refractivity contribution in [3.8, 4) is 11.3 Å². The van der Waals surface area contributed by atoms with Crippen molar-refractivity contribution in [2.45, 2.75) is 13.8 Å². The van der Waals surface area contributed by atoms with Gasteiger partial charge in [-0.05, 0) is 38.1 Å². The summed E-state index contributed by atoms with van der Waals surface area (Å²) in [4.78, 5) is 4.44. The van der Waals surface area contributed by atoms with Crippen LogP contribution < -0.4 is 0 Å². The Labute approximate surface area is 114 Å². The molecule has 0 bridgehead atoms. The molecule has 0 radical (unpaired) electrons. The molecule has 0 fully saturated rings. The maximum absolute atomic E-state index is 12.9. The first-order chi connectivity index (χ1) is 9.06. The van der Waals surface area contributed by atoms with Crippen LogP contribution in [0.4, 0.5) is 4.39 Å². The first-order valence-corrected chi connectivity index (χ1v) is 6.22. The van der Waals surface area contributed by atoms with Crippen molar-refractivity contribution in [1.29, 1.82) is 0 Å².